The number of benzene rings is 1. The number of nitrogens with zero attached hydrogens (tertiary/aromatic N) is 2. The van der Waals surface area contributed by atoms with Crippen molar-refractivity contribution in [1.29, 1.82) is 0 Å². The Kier molecular flexibility index (Phi) is 3.80. The second-order valence-corrected chi connectivity index (χ2v) is 5.63. The highest BCUT2D eigenvalue weighted by Gasteiger charge is 2.15. The predicted molar refractivity (Wildman–Crippen MR) is 78.3 cm³/mol. The van der Waals surface area contributed by atoms with Gasteiger partial charge in [0, 0.05) is 13.1 Å². The number of imidazole rings is 1. The molecule has 1 atom stereocenters. The van der Waals surface area contributed by atoms with Crippen LogP contribution in [-0.4, -0.2) is 48.1 Å². The molecule has 0 spiro atoms. The fourth-order valence-electron chi connectivity index (χ4n) is 2.86. The van der Waals surface area contributed by atoms with Crippen LogP contribution in [0.15, 0.2) is 24.5 Å². The number of aromatic nitrogens is 2. The Balaban J connectivity index is 1.52. The van der Waals surface area contributed by atoms with Gasteiger partial charge in [-0.2, -0.15) is 0 Å². The predicted octanol–water partition coefficient (Wildman–Crippen LogP) is 1.65. The third kappa shape index (κ3) is 3.14. The zero-order valence-electron chi connectivity index (χ0n) is 11.5. The Bertz CT molecular complexity index is 528. The molecule has 1 aliphatic heterocycles. The molecule has 0 saturated carbocycles. The van der Waals surface area contributed by atoms with E-state index in [-0.39, 0.29) is 0 Å². The van der Waals surface area contributed by atoms with Crippen molar-refractivity contribution in [1.82, 2.24) is 20.2 Å². The van der Waals surface area contributed by atoms with E-state index in [1.54, 1.807) is 6.33 Å². The lowest BCUT2D eigenvalue weighted by molar-refractivity contribution is 0.289. The molecule has 102 valence electrons. The first-order chi connectivity index (χ1) is 9.31. The van der Waals surface area contributed by atoms with Gasteiger partial charge in [0.05, 0.1) is 17.4 Å². The number of aromatic amines is 1. The number of nitrogens with one attached hydrogen (secondary N) is 2. The van der Waals surface area contributed by atoms with Crippen molar-refractivity contribution in [2.75, 3.05) is 33.2 Å². The molecular formula is C15H22N4. The van der Waals surface area contributed by atoms with E-state index in [1.807, 2.05) is 0 Å². The van der Waals surface area contributed by atoms with Crippen LogP contribution in [-0.2, 0) is 6.42 Å². The maximum atomic E-state index is 4.25. The van der Waals surface area contributed by atoms with Gasteiger partial charge in [0.25, 0.3) is 0 Å². The molecular weight excluding hydrogens is 236 g/mol. The van der Waals surface area contributed by atoms with E-state index in [4.69, 9.17) is 0 Å². The van der Waals surface area contributed by atoms with Gasteiger partial charge in [0.2, 0.25) is 0 Å². The van der Waals surface area contributed by atoms with Crippen LogP contribution in [0.25, 0.3) is 11.0 Å². The molecule has 4 nitrogen and oxygen atoms in total. The van der Waals surface area contributed by atoms with Gasteiger partial charge in [-0.3, -0.25) is 0 Å². The monoisotopic (exact) mass is 258 g/mol. The maximum Gasteiger partial charge on any atom is 0.0931 e. The summed E-state index contributed by atoms with van der Waals surface area (Å²) in [5.41, 5.74) is 3.57. The molecule has 3 rings (SSSR count). The Morgan fingerprint density at radius 3 is 3.21 bits per heavy atom. The van der Waals surface area contributed by atoms with E-state index in [2.05, 4.69) is 45.4 Å². The third-order valence-electron chi connectivity index (χ3n) is 4.00. The quantitative estimate of drug-likeness (QED) is 0.857. The number of hydrogen-bond acceptors (Lipinski definition) is 3. The number of likely N-dealkylation sites (N-methyl/N-ethyl adjacent to an activating group) is 1. The topological polar surface area (TPSA) is 44.0 Å². The minimum atomic E-state index is 0.833. The maximum absolute atomic E-state index is 4.25. The summed E-state index contributed by atoms with van der Waals surface area (Å²) in [6.45, 7) is 4.70. The minimum absolute atomic E-state index is 0.833. The number of hydrogen-bond donors (Lipinski definition) is 2. The van der Waals surface area contributed by atoms with E-state index in [0.717, 1.165) is 29.9 Å². The molecule has 2 N–H and O–H groups in total. The first-order valence-corrected chi connectivity index (χ1v) is 7.12. The van der Waals surface area contributed by atoms with Crippen LogP contribution in [0.3, 0.4) is 0 Å². The zero-order valence-corrected chi connectivity index (χ0v) is 11.5. The number of fused-ring (bicyclic) bond motifs is 1. The first kappa shape index (κ1) is 12.6. The molecule has 1 fully saturated rings. The molecule has 0 bridgehead atoms. The van der Waals surface area contributed by atoms with Gasteiger partial charge in [-0.15, -0.1) is 0 Å². The van der Waals surface area contributed by atoms with Gasteiger partial charge in [-0.1, -0.05) is 6.07 Å². The molecule has 1 saturated heterocycles. The molecule has 2 aromatic rings. The molecule has 2 heterocycles. The van der Waals surface area contributed by atoms with Crippen molar-refractivity contribution in [2.24, 2.45) is 5.92 Å². The summed E-state index contributed by atoms with van der Waals surface area (Å²) in [4.78, 5) is 9.88. The highest BCUT2D eigenvalue weighted by atomic mass is 15.1. The van der Waals surface area contributed by atoms with Crippen LogP contribution >= 0.6 is 0 Å². The van der Waals surface area contributed by atoms with E-state index in [1.165, 1.54) is 31.6 Å². The van der Waals surface area contributed by atoms with E-state index in [0.29, 0.717) is 0 Å². The van der Waals surface area contributed by atoms with Crippen LogP contribution in [0.5, 0.6) is 0 Å². The van der Waals surface area contributed by atoms with Crippen molar-refractivity contribution >= 4 is 11.0 Å². The average molecular weight is 258 g/mol. The molecule has 19 heavy (non-hydrogen) atoms. The van der Waals surface area contributed by atoms with Crippen LogP contribution in [0, 0.1) is 5.92 Å². The summed E-state index contributed by atoms with van der Waals surface area (Å²) in [6.07, 6.45) is 4.18. The smallest absolute Gasteiger partial charge is 0.0931 e. The van der Waals surface area contributed by atoms with Crippen LogP contribution in [0.2, 0.25) is 0 Å². The van der Waals surface area contributed by atoms with Gasteiger partial charge in [-0.25, -0.2) is 4.98 Å². The van der Waals surface area contributed by atoms with Crippen molar-refractivity contribution < 1.29 is 0 Å². The molecule has 1 aromatic carbocycles. The molecule has 1 aromatic heterocycles. The minimum Gasteiger partial charge on any atom is -0.345 e. The molecule has 1 unspecified atom stereocenters. The summed E-state index contributed by atoms with van der Waals surface area (Å²) in [5.74, 6) is 0.833. The Hall–Kier alpha value is -1.39. The standard InChI is InChI=1S/C15H22N4/c1-19(10-13-4-6-16-9-13)7-5-12-2-3-14-15(8-12)18-11-17-14/h2-3,8,11,13,16H,4-7,9-10H2,1H3,(H,17,18). The lowest BCUT2D eigenvalue weighted by Crippen LogP contribution is -2.28. The summed E-state index contributed by atoms with van der Waals surface area (Å²) in [7, 11) is 2.23. The van der Waals surface area contributed by atoms with E-state index in [9.17, 15) is 0 Å². The SMILES string of the molecule is CN(CCc1ccc2nc[nH]c2c1)CC1CCNC1. The molecule has 0 amide bonds. The van der Waals surface area contributed by atoms with Crippen LogP contribution in [0.4, 0.5) is 0 Å². The van der Waals surface area contributed by atoms with Gasteiger partial charge in [-0.05, 0) is 56.6 Å². The van der Waals surface area contributed by atoms with Gasteiger partial charge < -0.3 is 15.2 Å². The summed E-state index contributed by atoms with van der Waals surface area (Å²) in [6, 6.07) is 6.50. The largest absolute Gasteiger partial charge is 0.345 e. The Morgan fingerprint density at radius 1 is 1.42 bits per heavy atom. The van der Waals surface area contributed by atoms with E-state index >= 15 is 0 Å². The van der Waals surface area contributed by atoms with Crippen LogP contribution < -0.4 is 5.32 Å². The van der Waals surface area contributed by atoms with Crippen LogP contribution in [0.1, 0.15) is 12.0 Å². The molecule has 4 heteroatoms. The molecule has 0 aliphatic carbocycles. The van der Waals surface area contributed by atoms with Gasteiger partial charge in [0.1, 0.15) is 0 Å². The summed E-state index contributed by atoms with van der Waals surface area (Å²) in [5, 5.41) is 3.43. The summed E-state index contributed by atoms with van der Waals surface area (Å²) >= 11 is 0. The van der Waals surface area contributed by atoms with E-state index < -0.39 is 0 Å². The average Bonchev–Trinajstić information content (AvgIpc) is 3.06. The zero-order chi connectivity index (χ0) is 13.1. The summed E-state index contributed by atoms with van der Waals surface area (Å²) < 4.78 is 0. The fraction of sp³-hybridized carbons (Fsp3) is 0.533. The highest BCUT2D eigenvalue weighted by Crippen LogP contribution is 2.13. The molecule has 0 radical (unpaired) electrons. The Labute approximate surface area is 114 Å². The second-order valence-electron chi connectivity index (χ2n) is 5.63. The van der Waals surface area contributed by atoms with Crippen molar-refractivity contribution in [3.63, 3.8) is 0 Å². The third-order valence-corrected chi connectivity index (χ3v) is 4.00. The fourth-order valence-corrected chi connectivity index (χ4v) is 2.86. The van der Waals surface area contributed by atoms with Gasteiger partial charge >= 0.3 is 0 Å². The Morgan fingerprint density at radius 2 is 2.37 bits per heavy atom. The van der Waals surface area contributed by atoms with Crippen molar-refractivity contribution in [3.05, 3.63) is 30.1 Å². The number of rotatable bonds is 5. The molecule has 1 aliphatic rings. The lowest BCUT2D eigenvalue weighted by Gasteiger charge is -2.20. The lowest BCUT2D eigenvalue weighted by atomic mass is 10.1. The van der Waals surface area contributed by atoms with Crippen molar-refractivity contribution in [2.45, 2.75) is 12.8 Å². The second kappa shape index (κ2) is 5.72. The van der Waals surface area contributed by atoms with Crippen molar-refractivity contribution in [3.8, 4) is 0 Å². The van der Waals surface area contributed by atoms with Gasteiger partial charge in [0.15, 0.2) is 0 Å². The first-order valence-electron chi connectivity index (χ1n) is 7.12. The highest BCUT2D eigenvalue weighted by molar-refractivity contribution is 5.75. The normalized spacial score (nSPS) is 19.6. The number of H-pyrrole nitrogens is 1.